The molecule has 1 heterocycles. The number of aromatic nitrogens is 1. The number of hydrogen-bond acceptors (Lipinski definition) is 2. The third-order valence-corrected chi connectivity index (χ3v) is 7.44. The zero-order valence-electron chi connectivity index (χ0n) is 26.5. The Labute approximate surface area is 258 Å². The molecule has 0 aliphatic heterocycles. The van der Waals surface area contributed by atoms with Crippen molar-refractivity contribution in [2.24, 2.45) is 5.92 Å². The van der Waals surface area contributed by atoms with Crippen molar-refractivity contribution in [3.63, 3.8) is 0 Å². The third-order valence-electron chi connectivity index (χ3n) is 7.44. The highest BCUT2D eigenvalue weighted by molar-refractivity contribution is 5.95. The van der Waals surface area contributed by atoms with Gasteiger partial charge in [0.1, 0.15) is 5.82 Å². The quantitative estimate of drug-likeness (QED) is 0.161. The van der Waals surface area contributed by atoms with E-state index in [1.54, 1.807) is 0 Å². The van der Waals surface area contributed by atoms with Crippen LogP contribution in [0.4, 0.5) is 10.1 Å². The molecule has 0 saturated carbocycles. The number of nitriles is 1. The fraction of sp³-hybridized carbons (Fsp3) is 0.308. The maximum absolute atomic E-state index is 14.1. The lowest BCUT2D eigenvalue weighted by molar-refractivity contribution is 0.480. The molecule has 3 aromatic carbocycles. The lowest BCUT2D eigenvalue weighted by Gasteiger charge is -2.19. The highest BCUT2D eigenvalue weighted by Crippen LogP contribution is 2.45. The van der Waals surface area contributed by atoms with Gasteiger partial charge in [-0.05, 0) is 86.1 Å². The minimum absolute atomic E-state index is 0.0629. The number of halogens is 1. The van der Waals surface area contributed by atoms with E-state index in [-0.39, 0.29) is 17.7 Å². The second-order valence-corrected chi connectivity index (χ2v) is 11.1. The van der Waals surface area contributed by atoms with Crippen LogP contribution >= 0.6 is 0 Å². The van der Waals surface area contributed by atoms with Crippen LogP contribution in [0.15, 0.2) is 104 Å². The first kappa shape index (κ1) is 33.1. The Morgan fingerprint density at radius 3 is 2.05 bits per heavy atom. The predicted molar refractivity (Wildman–Crippen MR) is 182 cm³/mol. The number of hydrogen-bond donors (Lipinski definition) is 1. The second-order valence-electron chi connectivity index (χ2n) is 11.1. The molecule has 0 spiro atoms. The summed E-state index contributed by atoms with van der Waals surface area (Å²) >= 11 is 0. The van der Waals surface area contributed by atoms with Crippen LogP contribution in [-0.2, 0) is 6.54 Å². The van der Waals surface area contributed by atoms with E-state index in [0.29, 0.717) is 6.54 Å². The van der Waals surface area contributed by atoms with Crippen LogP contribution in [0.1, 0.15) is 77.5 Å². The molecule has 1 aromatic heterocycles. The van der Waals surface area contributed by atoms with Crippen molar-refractivity contribution < 1.29 is 4.39 Å². The molecule has 1 unspecified atom stereocenters. The molecule has 0 aliphatic carbocycles. The minimum atomic E-state index is -0.269. The molecule has 3 nitrogen and oxygen atoms in total. The van der Waals surface area contributed by atoms with Crippen molar-refractivity contribution in [3.8, 4) is 28.5 Å². The predicted octanol–water partition coefficient (Wildman–Crippen LogP) is 11.5. The van der Waals surface area contributed by atoms with Crippen molar-refractivity contribution in [1.82, 2.24) is 4.57 Å². The first-order chi connectivity index (χ1) is 20.8. The summed E-state index contributed by atoms with van der Waals surface area (Å²) in [5, 5.41) is 13.6. The molecule has 0 saturated heterocycles. The SMILES string of the molecule is C=C(C)CCCC(C#N)CCn1c(-c2ccc(F)cc2)c(-c2ccccc2)c(C(=C)Nc2ccccc2)c1C(C)C.CC. The summed E-state index contributed by atoms with van der Waals surface area (Å²) in [5.74, 6) is -0.165. The van der Waals surface area contributed by atoms with Crippen LogP contribution in [0.3, 0.4) is 0 Å². The largest absolute Gasteiger partial charge is 0.355 e. The van der Waals surface area contributed by atoms with Crippen LogP contribution < -0.4 is 5.32 Å². The number of nitrogens with one attached hydrogen (secondary N) is 1. The number of para-hydroxylation sites is 1. The second kappa shape index (κ2) is 16.3. The standard InChI is InChI=1S/C37H40FN3.C2H6/c1-26(2)13-12-14-29(25-39)23-24-41-36(27(3)4)34(28(5)40-33-17-10-7-11-18-33)35(30-15-8-6-9-16-30)37(41)31-19-21-32(38)22-20-31;1-2/h6-11,15-22,27,29,40H,1,5,12-14,23-24H2,2-4H3;1-2H3. The molecule has 224 valence electrons. The monoisotopic (exact) mass is 575 g/mol. The summed E-state index contributed by atoms with van der Waals surface area (Å²) in [6.07, 6.45) is 3.46. The molecule has 1 N–H and O–H groups in total. The summed E-state index contributed by atoms with van der Waals surface area (Å²) in [5.41, 5.74) is 9.19. The Bertz CT molecular complexity index is 1510. The van der Waals surface area contributed by atoms with E-state index in [9.17, 15) is 9.65 Å². The van der Waals surface area contributed by atoms with Crippen molar-refractivity contribution in [1.29, 1.82) is 5.26 Å². The van der Waals surface area contributed by atoms with E-state index in [1.807, 2.05) is 81.4 Å². The summed E-state index contributed by atoms with van der Waals surface area (Å²) in [7, 11) is 0. The zero-order valence-corrected chi connectivity index (χ0v) is 26.5. The summed E-state index contributed by atoms with van der Waals surface area (Å²) in [6.45, 7) is 19.6. The Morgan fingerprint density at radius 1 is 0.884 bits per heavy atom. The molecule has 4 heteroatoms. The first-order valence-corrected chi connectivity index (χ1v) is 15.4. The average Bonchev–Trinajstić information content (AvgIpc) is 3.36. The fourth-order valence-electron chi connectivity index (χ4n) is 5.54. The zero-order chi connectivity index (χ0) is 31.4. The van der Waals surface area contributed by atoms with Crippen LogP contribution in [0.2, 0.25) is 0 Å². The van der Waals surface area contributed by atoms with Gasteiger partial charge < -0.3 is 9.88 Å². The molecular weight excluding hydrogens is 529 g/mol. The Balaban J connectivity index is 0.00000248. The molecular formula is C39H46FN3. The van der Waals surface area contributed by atoms with Gasteiger partial charge in [0.25, 0.3) is 0 Å². The van der Waals surface area contributed by atoms with Crippen molar-refractivity contribution >= 4 is 11.4 Å². The van der Waals surface area contributed by atoms with Crippen LogP contribution in [0.5, 0.6) is 0 Å². The Morgan fingerprint density at radius 2 is 1.49 bits per heavy atom. The van der Waals surface area contributed by atoms with E-state index in [2.05, 4.69) is 55.1 Å². The third kappa shape index (κ3) is 8.58. The molecule has 4 rings (SSSR count). The van der Waals surface area contributed by atoms with E-state index in [0.717, 1.165) is 76.3 Å². The van der Waals surface area contributed by atoms with Crippen molar-refractivity contribution in [2.75, 3.05) is 5.32 Å². The van der Waals surface area contributed by atoms with Gasteiger partial charge in [0.05, 0.1) is 11.8 Å². The number of benzene rings is 3. The number of rotatable bonds is 13. The number of nitrogens with zero attached hydrogens (tertiary/aromatic N) is 2. The molecule has 43 heavy (non-hydrogen) atoms. The first-order valence-electron chi connectivity index (χ1n) is 15.4. The van der Waals surface area contributed by atoms with Gasteiger partial charge in [0.15, 0.2) is 0 Å². The van der Waals surface area contributed by atoms with Crippen LogP contribution in [0, 0.1) is 23.1 Å². The average molecular weight is 576 g/mol. The summed E-state index contributed by atoms with van der Waals surface area (Å²) in [4.78, 5) is 0. The minimum Gasteiger partial charge on any atom is -0.355 e. The Hall–Kier alpha value is -4.36. The van der Waals surface area contributed by atoms with Crippen LogP contribution in [-0.4, -0.2) is 4.57 Å². The number of allylic oxidation sites excluding steroid dienone is 1. The highest BCUT2D eigenvalue weighted by atomic mass is 19.1. The van der Waals surface area contributed by atoms with Gasteiger partial charge in [0, 0.05) is 40.7 Å². The van der Waals surface area contributed by atoms with E-state index >= 15 is 0 Å². The van der Waals surface area contributed by atoms with Crippen molar-refractivity contribution in [2.45, 2.75) is 72.8 Å². The summed E-state index contributed by atoms with van der Waals surface area (Å²) < 4.78 is 16.5. The molecule has 0 bridgehead atoms. The molecule has 4 aromatic rings. The van der Waals surface area contributed by atoms with Gasteiger partial charge in [-0.1, -0.05) is 88.4 Å². The van der Waals surface area contributed by atoms with Gasteiger partial charge >= 0.3 is 0 Å². The van der Waals surface area contributed by atoms with E-state index < -0.39 is 0 Å². The topological polar surface area (TPSA) is 40.8 Å². The van der Waals surface area contributed by atoms with Gasteiger partial charge in [-0.3, -0.25) is 0 Å². The molecule has 0 fully saturated rings. The number of anilines is 1. The smallest absolute Gasteiger partial charge is 0.123 e. The molecule has 0 amide bonds. The van der Waals surface area contributed by atoms with E-state index in [4.69, 9.17) is 0 Å². The highest BCUT2D eigenvalue weighted by Gasteiger charge is 2.28. The lowest BCUT2D eigenvalue weighted by atomic mass is 9.93. The molecule has 0 aliphatic rings. The van der Waals surface area contributed by atoms with Gasteiger partial charge in [0.2, 0.25) is 0 Å². The Kier molecular flexibility index (Phi) is 12.6. The van der Waals surface area contributed by atoms with Gasteiger partial charge in [-0.25, -0.2) is 4.39 Å². The van der Waals surface area contributed by atoms with Gasteiger partial charge in [-0.2, -0.15) is 5.26 Å². The van der Waals surface area contributed by atoms with Gasteiger partial charge in [-0.15, -0.1) is 6.58 Å². The fourth-order valence-corrected chi connectivity index (χ4v) is 5.54. The maximum atomic E-state index is 14.1. The summed E-state index contributed by atoms with van der Waals surface area (Å²) in [6, 6.07) is 29.7. The normalized spacial score (nSPS) is 11.3. The van der Waals surface area contributed by atoms with Crippen LogP contribution in [0.25, 0.3) is 28.1 Å². The molecule has 0 radical (unpaired) electrons. The lowest BCUT2D eigenvalue weighted by Crippen LogP contribution is -2.12. The van der Waals surface area contributed by atoms with E-state index in [1.165, 1.54) is 12.1 Å². The van der Waals surface area contributed by atoms with Crippen molar-refractivity contribution in [3.05, 3.63) is 121 Å². The maximum Gasteiger partial charge on any atom is 0.123 e. The molecule has 1 atom stereocenters.